The molecular formula is C27H31N3O7. The van der Waals surface area contributed by atoms with Crippen LogP contribution in [-0.2, 0) is 25.5 Å². The van der Waals surface area contributed by atoms with Crippen LogP contribution in [0.15, 0.2) is 42.6 Å². The maximum Gasteiger partial charge on any atom is 0.419 e. The van der Waals surface area contributed by atoms with Crippen molar-refractivity contribution in [3.8, 4) is 11.5 Å². The number of methoxy groups -OCH3 is 1. The van der Waals surface area contributed by atoms with Crippen LogP contribution >= 0.6 is 0 Å². The van der Waals surface area contributed by atoms with E-state index in [1.807, 2.05) is 18.2 Å². The molecule has 10 nitrogen and oxygen atoms in total. The van der Waals surface area contributed by atoms with Crippen LogP contribution in [0, 0.1) is 0 Å². The number of hydrogen-bond donors (Lipinski definition) is 3. The number of phenols is 2. The SMILES string of the molecule is COC(=O)CN(C)C(=O)[C@@H]1Cc2cc(O)c(O)cc2[C@@H](c2cn(C(=O)OC(C)(C)C)c3ccccc23)N1. The van der Waals surface area contributed by atoms with Crippen molar-refractivity contribution in [2.45, 2.75) is 44.9 Å². The third-order valence-electron chi connectivity index (χ3n) is 6.25. The zero-order valence-electron chi connectivity index (χ0n) is 21.4. The average molecular weight is 510 g/mol. The van der Waals surface area contributed by atoms with Gasteiger partial charge >= 0.3 is 12.1 Å². The van der Waals surface area contributed by atoms with Crippen molar-refractivity contribution in [2.24, 2.45) is 0 Å². The Morgan fingerprint density at radius 1 is 1.11 bits per heavy atom. The molecule has 2 aromatic carbocycles. The number of benzene rings is 2. The number of rotatable bonds is 4. The Morgan fingerprint density at radius 3 is 2.46 bits per heavy atom. The van der Waals surface area contributed by atoms with Gasteiger partial charge in [0.05, 0.1) is 24.7 Å². The Hall–Kier alpha value is -4.05. The van der Waals surface area contributed by atoms with Gasteiger partial charge in [-0.1, -0.05) is 18.2 Å². The molecule has 10 heteroatoms. The lowest BCUT2D eigenvalue weighted by atomic mass is 9.85. The van der Waals surface area contributed by atoms with Crippen molar-refractivity contribution in [1.82, 2.24) is 14.8 Å². The molecule has 0 radical (unpaired) electrons. The van der Waals surface area contributed by atoms with Gasteiger partial charge in [0, 0.05) is 18.6 Å². The minimum atomic E-state index is -0.750. The van der Waals surface area contributed by atoms with Crippen LogP contribution in [0.3, 0.4) is 0 Å². The average Bonchev–Trinajstić information content (AvgIpc) is 3.22. The third-order valence-corrected chi connectivity index (χ3v) is 6.25. The number of aromatic hydroxyl groups is 2. The summed E-state index contributed by atoms with van der Waals surface area (Å²) in [5.41, 5.74) is 1.90. The highest BCUT2D eigenvalue weighted by Gasteiger charge is 2.36. The van der Waals surface area contributed by atoms with Crippen LogP contribution in [0.5, 0.6) is 11.5 Å². The van der Waals surface area contributed by atoms with E-state index in [4.69, 9.17) is 4.74 Å². The van der Waals surface area contributed by atoms with Crippen molar-refractivity contribution in [2.75, 3.05) is 20.7 Å². The van der Waals surface area contributed by atoms with E-state index in [1.54, 1.807) is 33.0 Å². The minimum absolute atomic E-state index is 0.217. The van der Waals surface area contributed by atoms with E-state index >= 15 is 0 Å². The van der Waals surface area contributed by atoms with E-state index in [2.05, 4.69) is 10.1 Å². The zero-order valence-corrected chi connectivity index (χ0v) is 21.4. The Labute approximate surface area is 214 Å². The standard InChI is InChI=1S/C27H31N3O7/c1-27(2,3)37-26(35)30-13-18(16-8-6-7-9-20(16)30)24-17-12-22(32)21(31)11-15(17)10-19(28-24)25(34)29(4)14-23(33)36-5/h6-9,11-13,19,24,28,31-32H,10,14H2,1-5H3/t19-,24-/m0/s1. The number of aromatic nitrogens is 1. The van der Waals surface area contributed by atoms with Crippen LogP contribution in [0.25, 0.3) is 10.9 Å². The van der Waals surface area contributed by atoms with Crippen LogP contribution in [-0.4, -0.2) is 70.0 Å². The second-order valence-corrected chi connectivity index (χ2v) is 10.1. The van der Waals surface area contributed by atoms with Gasteiger partial charge in [-0.3, -0.25) is 19.5 Å². The highest BCUT2D eigenvalue weighted by Crippen LogP contribution is 2.40. The molecule has 1 aromatic heterocycles. The summed E-state index contributed by atoms with van der Waals surface area (Å²) in [7, 11) is 2.76. The summed E-state index contributed by atoms with van der Waals surface area (Å²) in [5, 5.41) is 24.5. The first-order valence-corrected chi connectivity index (χ1v) is 11.9. The lowest BCUT2D eigenvalue weighted by Gasteiger charge is -2.34. The second kappa shape index (κ2) is 9.78. The predicted molar refractivity (Wildman–Crippen MR) is 135 cm³/mol. The molecule has 2 atom stereocenters. The Balaban J connectivity index is 1.81. The number of nitrogens with zero attached hydrogens (tertiary/aromatic N) is 2. The highest BCUT2D eigenvalue weighted by molar-refractivity contribution is 5.93. The van der Waals surface area contributed by atoms with Gasteiger partial charge in [0.25, 0.3) is 0 Å². The van der Waals surface area contributed by atoms with Crippen molar-refractivity contribution in [3.63, 3.8) is 0 Å². The molecule has 0 aliphatic carbocycles. The summed E-state index contributed by atoms with van der Waals surface area (Å²) in [5.74, 6) is -1.49. The first-order valence-electron chi connectivity index (χ1n) is 11.9. The van der Waals surface area contributed by atoms with E-state index in [-0.39, 0.29) is 30.4 Å². The Kier molecular flexibility index (Phi) is 6.88. The fourth-order valence-corrected chi connectivity index (χ4v) is 4.57. The summed E-state index contributed by atoms with van der Waals surface area (Å²) >= 11 is 0. The molecule has 0 spiro atoms. The number of carbonyl (C=O) groups excluding carboxylic acids is 3. The second-order valence-electron chi connectivity index (χ2n) is 10.1. The predicted octanol–water partition coefficient (Wildman–Crippen LogP) is 3.07. The molecule has 196 valence electrons. The number of amides is 1. The molecule has 3 N–H and O–H groups in total. The van der Waals surface area contributed by atoms with E-state index < -0.39 is 29.7 Å². The zero-order chi connectivity index (χ0) is 27.1. The van der Waals surface area contributed by atoms with Crippen LogP contribution in [0.1, 0.15) is 43.5 Å². The third kappa shape index (κ3) is 5.24. The summed E-state index contributed by atoms with van der Waals surface area (Å²) in [6.45, 7) is 5.13. The first-order chi connectivity index (χ1) is 17.4. The molecule has 1 aliphatic heterocycles. The van der Waals surface area contributed by atoms with Crippen molar-refractivity contribution in [1.29, 1.82) is 0 Å². The Bertz CT molecular complexity index is 1370. The molecule has 1 aliphatic rings. The van der Waals surface area contributed by atoms with Crippen LogP contribution < -0.4 is 5.32 Å². The minimum Gasteiger partial charge on any atom is -0.504 e. The summed E-state index contributed by atoms with van der Waals surface area (Å²) in [6.07, 6.45) is 1.33. The van der Waals surface area contributed by atoms with E-state index in [1.165, 1.54) is 35.8 Å². The molecule has 0 bridgehead atoms. The monoisotopic (exact) mass is 509 g/mol. The highest BCUT2D eigenvalue weighted by atomic mass is 16.6. The number of hydrogen-bond acceptors (Lipinski definition) is 8. The molecular weight excluding hydrogens is 478 g/mol. The molecule has 3 aromatic rings. The molecule has 37 heavy (non-hydrogen) atoms. The number of carbonyl (C=O) groups is 3. The molecule has 0 saturated heterocycles. The number of esters is 1. The number of phenolic OH excluding ortho intramolecular Hbond substituents is 2. The van der Waals surface area contributed by atoms with Crippen LogP contribution in [0.4, 0.5) is 4.79 Å². The summed E-state index contributed by atoms with van der Waals surface area (Å²) < 4.78 is 11.7. The van der Waals surface area contributed by atoms with Gasteiger partial charge < -0.3 is 24.6 Å². The Morgan fingerprint density at radius 2 is 1.78 bits per heavy atom. The van der Waals surface area contributed by atoms with E-state index in [0.29, 0.717) is 22.2 Å². The van der Waals surface area contributed by atoms with Gasteiger partial charge in [0.1, 0.15) is 12.1 Å². The quantitative estimate of drug-likeness (QED) is 0.361. The van der Waals surface area contributed by atoms with Crippen molar-refractivity contribution in [3.05, 3.63) is 59.3 Å². The molecule has 1 amide bonds. The van der Waals surface area contributed by atoms with Crippen LogP contribution in [0.2, 0.25) is 0 Å². The molecule has 2 heterocycles. The molecule has 4 rings (SSSR count). The van der Waals surface area contributed by atoms with E-state index in [9.17, 15) is 24.6 Å². The number of ether oxygens (including phenoxy) is 2. The molecule has 0 fully saturated rings. The van der Waals surface area contributed by atoms with Gasteiger partial charge in [0.15, 0.2) is 11.5 Å². The number of likely N-dealkylation sites (N-methyl/N-ethyl adjacent to an activating group) is 1. The number of nitrogens with one attached hydrogen (secondary N) is 1. The lowest BCUT2D eigenvalue weighted by Crippen LogP contribution is -2.51. The number of para-hydroxylation sites is 1. The van der Waals surface area contributed by atoms with Crippen molar-refractivity contribution < 1.29 is 34.1 Å². The maximum atomic E-state index is 13.3. The van der Waals surface area contributed by atoms with E-state index in [0.717, 1.165) is 5.39 Å². The largest absolute Gasteiger partial charge is 0.504 e. The maximum absolute atomic E-state index is 13.3. The van der Waals surface area contributed by atoms with Gasteiger partial charge in [-0.05, 0) is 62.1 Å². The van der Waals surface area contributed by atoms with Gasteiger partial charge in [-0.25, -0.2) is 4.79 Å². The smallest absolute Gasteiger partial charge is 0.419 e. The number of fused-ring (bicyclic) bond motifs is 2. The topological polar surface area (TPSA) is 130 Å². The van der Waals surface area contributed by atoms with Gasteiger partial charge in [-0.2, -0.15) is 0 Å². The normalized spacial score (nSPS) is 17.2. The molecule has 0 saturated carbocycles. The first kappa shape index (κ1) is 26.0. The summed E-state index contributed by atoms with van der Waals surface area (Å²) in [4.78, 5) is 39.4. The van der Waals surface area contributed by atoms with Crippen molar-refractivity contribution >= 4 is 28.9 Å². The summed E-state index contributed by atoms with van der Waals surface area (Å²) in [6, 6.07) is 8.84. The lowest BCUT2D eigenvalue weighted by molar-refractivity contribution is -0.146. The fourth-order valence-electron chi connectivity index (χ4n) is 4.57. The van der Waals surface area contributed by atoms with Gasteiger partial charge in [-0.15, -0.1) is 0 Å². The molecule has 0 unspecified atom stereocenters. The fraction of sp³-hybridized carbons (Fsp3) is 0.370. The van der Waals surface area contributed by atoms with Gasteiger partial charge in [0.2, 0.25) is 5.91 Å².